The molecule has 13 heteroatoms. The molecular weight excluding hydrogens is 526 g/mol. The largest absolute Gasteiger partial charge is 0.444 e. The van der Waals surface area contributed by atoms with Crippen molar-refractivity contribution >= 4 is 32.9 Å². The number of carbonyl (C=O) groups excluding carboxylic acids is 2. The van der Waals surface area contributed by atoms with Crippen molar-refractivity contribution in [2.45, 2.75) is 26.7 Å². The summed E-state index contributed by atoms with van der Waals surface area (Å²) in [7, 11) is -2.90. The Kier molecular flexibility index (Phi) is 8.25. The van der Waals surface area contributed by atoms with Crippen molar-refractivity contribution in [3.63, 3.8) is 0 Å². The highest BCUT2D eigenvalue weighted by Crippen LogP contribution is 2.32. The highest BCUT2D eigenvalue weighted by molar-refractivity contribution is 7.92. The van der Waals surface area contributed by atoms with Crippen LogP contribution >= 0.6 is 0 Å². The van der Waals surface area contributed by atoms with Crippen molar-refractivity contribution in [3.05, 3.63) is 87.8 Å². The van der Waals surface area contributed by atoms with E-state index in [4.69, 9.17) is 4.74 Å². The Bertz CT molecular complexity index is 1760. The maximum Gasteiger partial charge on any atom is 0.444 e. The van der Waals surface area contributed by atoms with E-state index < -0.39 is 39.9 Å². The van der Waals surface area contributed by atoms with Gasteiger partial charge in [0.2, 0.25) is 5.91 Å². The minimum Gasteiger partial charge on any atom is -0.443 e. The first-order valence-electron chi connectivity index (χ1n) is 11.7. The van der Waals surface area contributed by atoms with Gasteiger partial charge in [-0.15, -0.1) is 4.68 Å². The fourth-order valence-corrected chi connectivity index (χ4v) is 4.82. The third-order valence-electron chi connectivity index (χ3n) is 5.85. The van der Waals surface area contributed by atoms with Crippen LogP contribution in [0.5, 0.6) is 0 Å². The zero-order valence-corrected chi connectivity index (χ0v) is 23.1. The lowest BCUT2D eigenvalue weighted by atomic mass is 9.93. The van der Waals surface area contributed by atoms with E-state index in [2.05, 4.69) is 18.3 Å². The molecule has 0 saturated heterocycles. The highest BCUT2D eigenvalue weighted by atomic mass is 32.2. The number of rotatable bonds is 8. The van der Waals surface area contributed by atoms with Gasteiger partial charge in [0, 0.05) is 25.7 Å². The Labute approximate surface area is 224 Å². The molecule has 1 amide bonds. The number of carbonyl (C=O) groups is 2. The molecule has 2 heterocycles. The topological polar surface area (TPSA) is 143 Å². The summed E-state index contributed by atoms with van der Waals surface area (Å²) in [5, 5.41) is 3.99. The van der Waals surface area contributed by atoms with Crippen LogP contribution in [0.3, 0.4) is 0 Å². The summed E-state index contributed by atoms with van der Waals surface area (Å²) in [5.41, 5.74) is -0.224. The number of fused-ring (bicyclic) bond motifs is 1. The lowest BCUT2D eigenvalue weighted by Gasteiger charge is -2.23. The standard InChI is InChI=1S/C26H29N5O7S/c1-8-10-18(9-2)15-38-26(35)31(39(7,36)37)30-24(33)21-13-20(22-11-12-27-28(22)6)19(16(3)4)14-23(21)29(17(5)32)25(30)34/h8-14,16H,1-2,15H2,3-7H3/b18-10+. The van der Waals surface area contributed by atoms with E-state index in [0.29, 0.717) is 33.2 Å². The van der Waals surface area contributed by atoms with E-state index in [-0.39, 0.29) is 25.9 Å². The summed E-state index contributed by atoms with van der Waals surface area (Å²) in [5.74, 6) is -0.895. The molecule has 0 aliphatic carbocycles. The molecule has 12 nitrogen and oxygen atoms in total. The van der Waals surface area contributed by atoms with E-state index in [0.717, 1.165) is 6.92 Å². The van der Waals surface area contributed by atoms with Crippen LogP contribution in [0.15, 0.2) is 70.9 Å². The van der Waals surface area contributed by atoms with E-state index in [9.17, 15) is 27.6 Å². The average Bonchev–Trinajstić information content (AvgIpc) is 3.28. The summed E-state index contributed by atoms with van der Waals surface area (Å²) in [6.45, 7) is 11.6. The average molecular weight is 556 g/mol. The van der Waals surface area contributed by atoms with Gasteiger partial charge in [-0.1, -0.05) is 49.6 Å². The maximum atomic E-state index is 13.8. The molecule has 2 aromatic heterocycles. The van der Waals surface area contributed by atoms with Crippen molar-refractivity contribution in [3.8, 4) is 11.3 Å². The van der Waals surface area contributed by atoms with Gasteiger partial charge >= 0.3 is 11.8 Å². The molecule has 0 N–H and O–H groups in total. The minimum absolute atomic E-state index is 0.0342. The smallest absolute Gasteiger partial charge is 0.443 e. The van der Waals surface area contributed by atoms with Crippen LogP contribution in [0.2, 0.25) is 0 Å². The van der Waals surface area contributed by atoms with Crippen molar-refractivity contribution in [2.24, 2.45) is 7.05 Å². The second kappa shape index (κ2) is 11.1. The molecule has 3 aromatic rings. The summed E-state index contributed by atoms with van der Waals surface area (Å²) in [6, 6.07) is 4.71. The quantitative estimate of drug-likeness (QED) is 0.386. The van der Waals surface area contributed by atoms with Crippen molar-refractivity contribution in [2.75, 3.05) is 17.3 Å². The Hall–Kier alpha value is -4.52. The molecule has 0 radical (unpaired) electrons. The van der Waals surface area contributed by atoms with Gasteiger partial charge in [-0.05, 0) is 35.3 Å². The van der Waals surface area contributed by atoms with Crippen molar-refractivity contribution < 1.29 is 22.7 Å². The number of sulfonamides is 1. The van der Waals surface area contributed by atoms with Gasteiger partial charge in [-0.25, -0.2) is 22.6 Å². The second-order valence-corrected chi connectivity index (χ2v) is 10.8. The zero-order chi connectivity index (χ0) is 29.2. The lowest BCUT2D eigenvalue weighted by Crippen LogP contribution is -2.58. The molecule has 0 saturated carbocycles. The molecule has 0 aliphatic rings. The Morgan fingerprint density at radius 1 is 1.21 bits per heavy atom. The summed E-state index contributed by atoms with van der Waals surface area (Å²) < 4.78 is 32.8. The van der Waals surface area contributed by atoms with Gasteiger partial charge in [0.15, 0.2) is 0 Å². The number of amides is 1. The number of aromatic nitrogens is 4. The SMILES string of the molecule is C=C/C=C(\C=C)COC(=O)N(n1c(=O)c2cc(-c3ccnn3C)c(C(C)C)cc2n(C(C)=O)c1=O)S(C)(=O)=O. The lowest BCUT2D eigenvalue weighted by molar-refractivity contribution is 0.0933. The fraction of sp³-hybridized carbons (Fsp3) is 0.269. The van der Waals surface area contributed by atoms with E-state index in [1.807, 2.05) is 13.8 Å². The highest BCUT2D eigenvalue weighted by Gasteiger charge is 2.33. The van der Waals surface area contributed by atoms with Crippen molar-refractivity contribution in [1.82, 2.24) is 19.0 Å². The van der Waals surface area contributed by atoms with Crippen LogP contribution in [0, 0.1) is 0 Å². The molecule has 0 atom stereocenters. The van der Waals surface area contributed by atoms with E-state index in [1.54, 1.807) is 24.0 Å². The van der Waals surface area contributed by atoms with Crippen LogP contribution in [0.1, 0.15) is 37.0 Å². The maximum absolute atomic E-state index is 13.8. The van der Waals surface area contributed by atoms with Gasteiger partial charge in [-0.2, -0.15) is 5.10 Å². The molecular formula is C26H29N5O7S. The van der Waals surface area contributed by atoms with Gasteiger partial charge in [0.1, 0.15) is 6.61 Å². The summed E-state index contributed by atoms with van der Waals surface area (Å²) in [6.07, 6.45) is 4.90. The molecule has 206 valence electrons. The molecule has 0 fully saturated rings. The first kappa shape index (κ1) is 29.0. The van der Waals surface area contributed by atoms with Gasteiger partial charge < -0.3 is 4.74 Å². The molecule has 3 rings (SSSR count). The molecule has 0 aliphatic heterocycles. The number of benzene rings is 1. The number of hydrogen-bond donors (Lipinski definition) is 0. The van der Waals surface area contributed by atoms with Crippen LogP contribution < -0.4 is 15.7 Å². The summed E-state index contributed by atoms with van der Waals surface area (Å²) >= 11 is 0. The van der Waals surface area contributed by atoms with Gasteiger partial charge in [-0.3, -0.25) is 14.3 Å². The predicted octanol–water partition coefficient (Wildman–Crippen LogP) is 2.68. The minimum atomic E-state index is -4.60. The molecule has 1 aromatic carbocycles. The predicted molar refractivity (Wildman–Crippen MR) is 148 cm³/mol. The number of allylic oxidation sites excluding steroid dienone is 2. The van der Waals surface area contributed by atoms with Gasteiger partial charge in [0.25, 0.3) is 15.6 Å². The number of aryl methyl sites for hydroxylation is 1. The normalized spacial score (nSPS) is 12.0. The number of hydrogen-bond acceptors (Lipinski definition) is 8. The third-order valence-corrected chi connectivity index (χ3v) is 6.79. The summed E-state index contributed by atoms with van der Waals surface area (Å²) in [4.78, 5) is 53.0. The van der Waals surface area contributed by atoms with Crippen LogP contribution in [0.4, 0.5) is 4.79 Å². The number of ether oxygens (including phenoxy) is 1. The van der Waals surface area contributed by atoms with Gasteiger partial charge in [0.05, 0.1) is 22.9 Å². The third kappa shape index (κ3) is 5.53. The Balaban J connectivity index is 2.42. The first-order valence-corrected chi connectivity index (χ1v) is 13.6. The zero-order valence-electron chi connectivity index (χ0n) is 22.2. The molecule has 39 heavy (non-hydrogen) atoms. The van der Waals surface area contributed by atoms with E-state index in [1.165, 1.54) is 30.4 Å². The van der Waals surface area contributed by atoms with Crippen LogP contribution in [-0.4, -0.2) is 52.3 Å². The first-order chi connectivity index (χ1) is 18.2. The van der Waals surface area contributed by atoms with Crippen LogP contribution in [0.25, 0.3) is 22.2 Å². The number of nitrogens with zero attached hydrogens (tertiary/aromatic N) is 5. The monoisotopic (exact) mass is 555 g/mol. The molecule has 0 unspecified atom stereocenters. The molecule has 0 spiro atoms. The molecule has 0 bridgehead atoms. The van der Waals surface area contributed by atoms with Crippen molar-refractivity contribution in [1.29, 1.82) is 0 Å². The fourth-order valence-electron chi connectivity index (χ4n) is 4.05. The Morgan fingerprint density at radius 2 is 1.87 bits per heavy atom. The second-order valence-electron chi connectivity index (χ2n) is 8.95. The Morgan fingerprint density at radius 3 is 2.36 bits per heavy atom. The van der Waals surface area contributed by atoms with Crippen LogP contribution in [-0.2, 0) is 21.8 Å². The van der Waals surface area contributed by atoms with E-state index >= 15 is 0 Å².